The number of piperidine rings is 1. The lowest BCUT2D eigenvalue weighted by molar-refractivity contribution is -0.133. The van der Waals surface area contributed by atoms with E-state index in [1.807, 2.05) is 53.1 Å². The van der Waals surface area contributed by atoms with Crippen molar-refractivity contribution in [1.29, 1.82) is 0 Å². The van der Waals surface area contributed by atoms with Crippen LogP contribution in [0.4, 0.5) is 0 Å². The van der Waals surface area contributed by atoms with Gasteiger partial charge in [0.1, 0.15) is 5.82 Å². The average Bonchev–Trinajstić information content (AvgIpc) is 3.28. The predicted molar refractivity (Wildman–Crippen MR) is 131 cm³/mol. The number of para-hydroxylation sites is 2. The SMILES string of the molecule is CCN(CC(=O)N1CCC[C@H](c2nc3ccccc3s2)C1)Cc1nc2ccccc2c(=O)[nH]1. The normalized spacial score (nSPS) is 16.7. The molecular formula is C25H27N5O2S. The molecule has 2 aromatic carbocycles. The molecule has 1 aliphatic heterocycles. The van der Waals surface area contributed by atoms with E-state index in [0.29, 0.717) is 42.9 Å². The molecule has 1 saturated heterocycles. The number of hydrogen-bond acceptors (Lipinski definition) is 6. The molecule has 0 bridgehead atoms. The highest BCUT2D eigenvalue weighted by molar-refractivity contribution is 7.18. The van der Waals surface area contributed by atoms with Gasteiger partial charge >= 0.3 is 0 Å². The zero-order valence-electron chi connectivity index (χ0n) is 18.7. The van der Waals surface area contributed by atoms with Crippen molar-refractivity contribution in [2.24, 2.45) is 0 Å². The second kappa shape index (κ2) is 9.41. The number of benzene rings is 2. The molecule has 33 heavy (non-hydrogen) atoms. The van der Waals surface area contributed by atoms with E-state index >= 15 is 0 Å². The van der Waals surface area contributed by atoms with Crippen molar-refractivity contribution >= 4 is 38.4 Å². The molecule has 5 rings (SSSR count). The number of hydrogen-bond donors (Lipinski definition) is 1. The Balaban J connectivity index is 1.26. The van der Waals surface area contributed by atoms with E-state index < -0.39 is 0 Å². The number of likely N-dealkylation sites (tertiary alicyclic amines) is 1. The van der Waals surface area contributed by atoms with Gasteiger partial charge in [0, 0.05) is 19.0 Å². The topological polar surface area (TPSA) is 82.2 Å². The van der Waals surface area contributed by atoms with Crippen LogP contribution in [0.25, 0.3) is 21.1 Å². The molecule has 1 N–H and O–H groups in total. The number of aromatic amines is 1. The second-order valence-corrected chi connectivity index (χ2v) is 9.59. The Bertz CT molecular complexity index is 1310. The molecule has 4 aromatic rings. The van der Waals surface area contributed by atoms with Gasteiger partial charge in [0.25, 0.3) is 5.56 Å². The number of likely N-dealkylation sites (N-methyl/N-ethyl adjacent to an activating group) is 1. The van der Waals surface area contributed by atoms with Crippen molar-refractivity contribution in [3.05, 3.63) is 69.7 Å². The standard InChI is InChI=1S/C25H27N5O2S/c1-2-29(15-22-26-19-10-4-3-9-18(19)24(32)28-22)16-23(31)30-13-7-8-17(14-30)25-27-20-11-5-6-12-21(20)33-25/h3-6,9-12,17H,2,7-8,13-16H2,1H3,(H,26,28,32)/t17-/m0/s1. The second-order valence-electron chi connectivity index (χ2n) is 8.53. The summed E-state index contributed by atoms with van der Waals surface area (Å²) in [7, 11) is 0. The molecule has 1 atom stereocenters. The lowest BCUT2D eigenvalue weighted by Gasteiger charge is -2.33. The van der Waals surface area contributed by atoms with E-state index in [2.05, 4.69) is 16.0 Å². The zero-order valence-corrected chi connectivity index (χ0v) is 19.5. The first kappa shape index (κ1) is 21.7. The number of carbonyl (C=O) groups is 1. The molecular weight excluding hydrogens is 434 g/mol. The van der Waals surface area contributed by atoms with Crippen LogP contribution in [-0.4, -0.2) is 56.8 Å². The Labute approximate surface area is 196 Å². The molecule has 0 radical (unpaired) electrons. The number of rotatable bonds is 6. The number of thiazole rings is 1. The van der Waals surface area contributed by atoms with Crippen LogP contribution in [0.1, 0.15) is 36.5 Å². The van der Waals surface area contributed by atoms with Gasteiger partial charge in [0.15, 0.2) is 0 Å². The van der Waals surface area contributed by atoms with Crippen LogP contribution < -0.4 is 5.56 Å². The highest BCUT2D eigenvalue weighted by atomic mass is 32.1. The average molecular weight is 462 g/mol. The summed E-state index contributed by atoms with van der Waals surface area (Å²) in [6.07, 6.45) is 2.04. The van der Waals surface area contributed by atoms with Crippen LogP contribution in [0.5, 0.6) is 0 Å². The Hall–Kier alpha value is -3.10. The maximum Gasteiger partial charge on any atom is 0.258 e. The molecule has 0 spiro atoms. The van der Waals surface area contributed by atoms with Gasteiger partial charge in [-0.05, 0) is 43.7 Å². The van der Waals surface area contributed by atoms with Crippen molar-refractivity contribution in [1.82, 2.24) is 24.8 Å². The van der Waals surface area contributed by atoms with E-state index in [0.717, 1.165) is 29.9 Å². The first-order valence-electron chi connectivity index (χ1n) is 11.4. The number of fused-ring (bicyclic) bond motifs is 2. The summed E-state index contributed by atoms with van der Waals surface area (Å²) in [5, 5.41) is 1.70. The Morgan fingerprint density at radius 3 is 2.76 bits per heavy atom. The summed E-state index contributed by atoms with van der Waals surface area (Å²) in [4.78, 5) is 41.8. The van der Waals surface area contributed by atoms with Gasteiger partial charge in [0.2, 0.25) is 5.91 Å². The fraction of sp³-hybridized carbons (Fsp3) is 0.360. The highest BCUT2D eigenvalue weighted by Gasteiger charge is 2.27. The third-order valence-corrected chi connectivity index (χ3v) is 7.47. The molecule has 170 valence electrons. The molecule has 1 amide bonds. The van der Waals surface area contributed by atoms with Gasteiger partial charge in [-0.15, -0.1) is 11.3 Å². The minimum atomic E-state index is -0.146. The van der Waals surface area contributed by atoms with Crippen LogP contribution in [0, 0.1) is 0 Å². The van der Waals surface area contributed by atoms with Crippen LogP contribution in [0.15, 0.2) is 53.3 Å². The molecule has 8 heteroatoms. The van der Waals surface area contributed by atoms with Crippen LogP contribution in [-0.2, 0) is 11.3 Å². The molecule has 3 heterocycles. The van der Waals surface area contributed by atoms with E-state index in [9.17, 15) is 9.59 Å². The first-order valence-corrected chi connectivity index (χ1v) is 12.3. The summed E-state index contributed by atoms with van der Waals surface area (Å²) < 4.78 is 1.20. The minimum absolute atomic E-state index is 0.116. The molecule has 0 unspecified atom stereocenters. The van der Waals surface area contributed by atoms with Crippen LogP contribution in [0.2, 0.25) is 0 Å². The lowest BCUT2D eigenvalue weighted by Crippen LogP contribution is -2.44. The summed E-state index contributed by atoms with van der Waals surface area (Å²) in [5.41, 5.74) is 1.57. The van der Waals surface area contributed by atoms with Crippen molar-refractivity contribution < 1.29 is 4.79 Å². The molecule has 0 saturated carbocycles. The van der Waals surface area contributed by atoms with Crippen molar-refractivity contribution in [2.45, 2.75) is 32.2 Å². The predicted octanol–water partition coefficient (Wildman–Crippen LogP) is 3.76. The van der Waals surface area contributed by atoms with E-state index in [-0.39, 0.29) is 17.4 Å². The highest BCUT2D eigenvalue weighted by Crippen LogP contribution is 2.33. The Kier molecular flexibility index (Phi) is 6.20. The minimum Gasteiger partial charge on any atom is -0.341 e. The number of H-pyrrole nitrogens is 1. The van der Waals surface area contributed by atoms with E-state index in [4.69, 9.17) is 4.98 Å². The van der Waals surface area contributed by atoms with E-state index in [1.165, 1.54) is 4.70 Å². The van der Waals surface area contributed by atoms with Gasteiger partial charge < -0.3 is 9.88 Å². The van der Waals surface area contributed by atoms with Crippen molar-refractivity contribution in [3.8, 4) is 0 Å². The molecule has 0 aliphatic carbocycles. The number of nitrogens with zero attached hydrogens (tertiary/aromatic N) is 4. The van der Waals surface area contributed by atoms with Crippen molar-refractivity contribution in [2.75, 3.05) is 26.2 Å². The summed E-state index contributed by atoms with van der Waals surface area (Å²) >= 11 is 1.74. The molecule has 2 aromatic heterocycles. The van der Waals surface area contributed by atoms with Gasteiger partial charge in [-0.3, -0.25) is 14.5 Å². The van der Waals surface area contributed by atoms with E-state index in [1.54, 1.807) is 17.4 Å². The number of nitrogens with one attached hydrogen (secondary N) is 1. The van der Waals surface area contributed by atoms with Gasteiger partial charge in [-0.2, -0.15) is 0 Å². The summed E-state index contributed by atoms with van der Waals surface area (Å²) in [5.74, 6) is 0.985. The van der Waals surface area contributed by atoms with Gasteiger partial charge in [0.05, 0.1) is 39.2 Å². The molecule has 1 aliphatic rings. The first-order chi connectivity index (χ1) is 16.1. The lowest BCUT2D eigenvalue weighted by atomic mass is 9.98. The summed E-state index contributed by atoms with van der Waals surface area (Å²) in [6.45, 7) is 4.94. The van der Waals surface area contributed by atoms with Crippen LogP contribution >= 0.6 is 11.3 Å². The van der Waals surface area contributed by atoms with Crippen LogP contribution in [0.3, 0.4) is 0 Å². The Morgan fingerprint density at radius 2 is 1.94 bits per heavy atom. The molecule has 1 fully saturated rings. The molecule has 7 nitrogen and oxygen atoms in total. The zero-order chi connectivity index (χ0) is 22.8. The number of aromatic nitrogens is 3. The maximum absolute atomic E-state index is 13.2. The Morgan fingerprint density at radius 1 is 1.15 bits per heavy atom. The quantitative estimate of drug-likeness (QED) is 0.473. The van der Waals surface area contributed by atoms with Gasteiger partial charge in [-0.1, -0.05) is 31.2 Å². The smallest absolute Gasteiger partial charge is 0.258 e. The largest absolute Gasteiger partial charge is 0.341 e. The summed E-state index contributed by atoms with van der Waals surface area (Å²) in [6, 6.07) is 15.5. The third kappa shape index (κ3) is 4.67. The van der Waals surface area contributed by atoms with Gasteiger partial charge in [-0.25, -0.2) is 9.97 Å². The van der Waals surface area contributed by atoms with Crippen molar-refractivity contribution in [3.63, 3.8) is 0 Å². The maximum atomic E-state index is 13.2. The fourth-order valence-corrected chi connectivity index (χ4v) is 5.56. The monoisotopic (exact) mass is 461 g/mol. The third-order valence-electron chi connectivity index (χ3n) is 6.28. The number of carbonyl (C=O) groups excluding carboxylic acids is 1. The fourth-order valence-electron chi connectivity index (χ4n) is 4.46. The number of amides is 1.